The summed E-state index contributed by atoms with van der Waals surface area (Å²) in [5.74, 6) is 0. The summed E-state index contributed by atoms with van der Waals surface area (Å²) in [5.41, 5.74) is 24.9. The molecule has 3 aliphatic heterocycles. The van der Waals surface area contributed by atoms with Crippen molar-refractivity contribution in [1.82, 2.24) is 0 Å². The van der Waals surface area contributed by atoms with Gasteiger partial charge in [0.15, 0.2) is 0 Å². The smallest absolute Gasteiger partial charge is 0.252 e. The Kier molecular flexibility index (Phi) is 10.1. The molecule has 0 N–H and O–H groups in total. The van der Waals surface area contributed by atoms with E-state index in [0.717, 1.165) is 24.2 Å². The van der Waals surface area contributed by atoms with Gasteiger partial charge in [0.2, 0.25) is 0 Å². The SMILES string of the molecule is C=C=C/C=C\C(=C/C)c1ccc2c(c1)C1(C)CCCCC1(C)N2c1cc2c3c(c1)N(c1cccc(-c4ccccc4)c1)c1cc(-c4ccccc4)ccc1B3c1ccccc1N2c1ccccc1. The lowest BCUT2D eigenvalue weighted by atomic mass is 9.33. The monoisotopic (exact) mass is 875 g/mol. The summed E-state index contributed by atoms with van der Waals surface area (Å²) in [6, 6.07) is 70.5. The van der Waals surface area contributed by atoms with Gasteiger partial charge >= 0.3 is 0 Å². The molecule has 0 aromatic heterocycles. The van der Waals surface area contributed by atoms with Crippen LogP contribution in [-0.4, -0.2) is 12.3 Å². The van der Waals surface area contributed by atoms with Gasteiger partial charge in [-0.1, -0.05) is 172 Å². The molecule has 0 radical (unpaired) electrons. The van der Waals surface area contributed by atoms with E-state index in [1.165, 1.54) is 102 Å². The van der Waals surface area contributed by atoms with Crippen molar-refractivity contribution in [3.63, 3.8) is 0 Å². The Morgan fingerprint density at radius 2 is 1.16 bits per heavy atom. The summed E-state index contributed by atoms with van der Waals surface area (Å²) in [6.45, 7) is 11.0. The number of fused-ring (bicyclic) bond motifs is 7. The molecule has 4 heteroatoms. The van der Waals surface area contributed by atoms with Crippen LogP contribution >= 0.6 is 0 Å². The van der Waals surface area contributed by atoms with Crippen LogP contribution in [0.5, 0.6) is 0 Å². The predicted octanol–water partition coefficient (Wildman–Crippen LogP) is 15.1. The lowest BCUT2D eigenvalue weighted by Crippen LogP contribution is -2.61. The highest BCUT2D eigenvalue weighted by Crippen LogP contribution is 2.62. The number of allylic oxidation sites excluding steroid dienone is 5. The van der Waals surface area contributed by atoms with Crippen LogP contribution in [0.3, 0.4) is 0 Å². The molecule has 1 saturated carbocycles. The fourth-order valence-electron chi connectivity index (χ4n) is 12.4. The lowest BCUT2D eigenvalue weighted by Gasteiger charge is -2.51. The van der Waals surface area contributed by atoms with Gasteiger partial charge in [-0.15, -0.1) is 5.73 Å². The maximum Gasteiger partial charge on any atom is 0.252 e. The van der Waals surface area contributed by atoms with Crippen molar-refractivity contribution in [2.24, 2.45) is 0 Å². The first-order chi connectivity index (χ1) is 33.4. The van der Waals surface area contributed by atoms with Crippen LogP contribution in [0.15, 0.2) is 225 Å². The van der Waals surface area contributed by atoms with Gasteiger partial charge in [-0.05, 0) is 149 Å². The minimum absolute atomic E-state index is 0.00536. The third-order valence-electron chi connectivity index (χ3n) is 15.8. The molecule has 1 aliphatic carbocycles. The van der Waals surface area contributed by atoms with Crippen molar-refractivity contribution in [1.29, 1.82) is 0 Å². The van der Waals surface area contributed by atoms with Crippen molar-refractivity contribution in [2.75, 3.05) is 14.7 Å². The molecule has 3 heterocycles. The van der Waals surface area contributed by atoms with Crippen LogP contribution in [0.4, 0.5) is 45.5 Å². The minimum atomic E-state index is -0.181. The molecule has 2 unspecified atom stereocenters. The number of benzene rings is 8. The first-order valence-electron chi connectivity index (χ1n) is 24.3. The van der Waals surface area contributed by atoms with Gasteiger partial charge in [0.05, 0.1) is 5.54 Å². The summed E-state index contributed by atoms with van der Waals surface area (Å²) in [6.07, 6.45) is 13.0. The van der Waals surface area contributed by atoms with Crippen LogP contribution in [0.1, 0.15) is 57.6 Å². The minimum Gasteiger partial charge on any atom is -0.334 e. The van der Waals surface area contributed by atoms with E-state index in [4.69, 9.17) is 0 Å². The maximum absolute atomic E-state index is 3.79. The van der Waals surface area contributed by atoms with Gasteiger partial charge in [-0.3, -0.25) is 0 Å². The first kappa shape index (κ1) is 41.6. The zero-order chi connectivity index (χ0) is 46.0. The quantitative estimate of drug-likeness (QED) is 0.0855. The summed E-state index contributed by atoms with van der Waals surface area (Å²) in [4.78, 5) is 7.90. The van der Waals surface area contributed by atoms with Crippen molar-refractivity contribution >= 4 is 74.2 Å². The molecule has 8 aromatic carbocycles. The van der Waals surface area contributed by atoms with Gasteiger partial charge < -0.3 is 14.7 Å². The van der Waals surface area contributed by atoms with Crippen LogP contribution < -0.4 is 31.1 Å². The largest absolute Gasteiger partial charge is 0.334 e. The Morgan fingerprint density at radius 1 is 0.544 bits per heavy atom. The van der Waals surface area contributed by atoms with Gasteiger partial charge in [0.25, 0.3) is 6.71 Å². The number of hydrogen-bond donors (Lipinski definition) is 0. The number of rotatable bonds is 8. The molecule has 0 spiro atoms. The lowest BCUT2D eigenvalue weighted by molar-refractivity contribution is 0.195. The van der Waals surface area contributed by atoms with Gasteiger partial charge in [-0.2, -0.15) is 0 Å². The topological polar surface area (TPSA) is 9.72 Å². The zero-order valence-corrected chi connectivity index (χ0v) is 39.2. The van der Waals surface area contributed by atoms with Crippen LogP contribution in [0.25, 0.3) is 27.8 Å². The van der Waals surface area contributed by atoms with E-state index in [1.54, 1.807) is 0 Å². The molecule has 3 nitrogen and oxygen atoms in total. The molecule has 0 saturated heterocycles. The number of para-hydroxylation sites is 2. The molecule has 68 heavy (non-hydrogen) atoms. The van der Waals surface area contributed by atoms with E-state index < -0.39 is 0 Å². The Morgan fingerprint density at radius 3 is 1.88 bits per heavy atom. The van der Waals surface area contributed by atoms with Crippen molar-refractivity contribution < 1.29 is 0 Å². The molecular formula is C64H54BN3. The second kappa shape index (κ2) is 16.5. The Bertz CT molecular complexity index is 3370. The highest BCUT2D eigenvalue weighted by Gasteiger charge is 2.58. The van der Waals surface area contributed by atoms with Crippen LogP contribution in [0.2, 0.25) is 0 Å². The molecule has 0 bridgehead atoms. The number of hydrogen-bond acceptors (Lipinski definition) is 3. The summed E-state index contributed by atoms with van der Waals surface area (Å²) < 4.78 is 0. The highest BCUT2D eigenvalue weighted by molar-refractivity contribution is 7.00. The van der Waals surface area contributed by atoms with E-state index in [-0.39, 0.29) is 17.7 Å². The van der Waals surface area contributed by atoms with Crippen molar-refractivity contribution in [3.05, 3.63) is 236 Å². The third-order valence-corrected chi connectivity index (χ3v) is 15.8. The fraction of sp³-hybridized carbons (Fsp3) is 0.141. The summed E-state index contributed by atoms with van der Waals surface area (Å²) in [7, 11) is 0. The van der Waals surface area contributed by atoms with Crippen molar-refractivity contribution in [3.8, 4) is 22.3 Å². The average Bonchev–Trinajstić information content (AvgIpc) is 3.60. The van der Waals surface area contributed by atoms with Crippen molar-refractivity contribution in [2.45, 2.75) is 57.4 Å². The second-order valence-electron chi connectivity index (χ2n) is 19.3. The third kappa shape index (κ3) is 6.43. The number of anilines is 8. The molecule has 328 valence electrons. The van der Waals surface area contributed by atoms with E-state index in [2.05, 4.69) is 248 Å². The van der Waals surface area contributed by atoms with E-state index >= 15 is 0 Å². The van der Waals surface area contributed by atoms with E-state index in [9.17, 15) is 0 Å². The molecule has 12 rings (SSSR count). The van der Waals surface area contributed by atoms with Gasteiger partial charge in [0, 0.05) is 50.9 Å². The second-order valence-corrected chi connectivity index (χ2v) is 19.3. The molecule has 8 aromatic rings. The fourth-order valence-corrected chi connectivity index (χ4v) is 12.4. The maximum atomic E-state index is 3.79. The molecule has 4 aliphatic rings. The van der Waals surface area contributed by atoms with Gasteiger partial charge in [-0.25, -0.2) is 0 Å². The average molecular weight is 876 g/mol. The Labute approximate surface area is 402 Å². The first-order valence-corrected chi connectivity index (χ1v) is 24.3. The van der Waals surface area contributed by atoms with E-state index in [0.29, 0.717) is 0 Å². The van der Waals surface area contributed by atoms with E-state index in [1.807, 2.05) is 12.2 Å². The van der Waals surface area contributed by atoms with Gasteiger partial charge in [0.1, 0.15) is 0 Å². The molecular weight excluding hydrogens is 822 g/mol. The summed E-state index contributed by atoms with van der Waals surface area (Å²) in [5, 5.41) is 0. The standard InChI is InChI=1S/C64H54BN3/c1-5-7-11-23-45(6-2)49-35-37-57-54(41-49)63(3)38-20-21-39-64(63,4)68(57)53-43-60-62-61(44-53)67(52-31-22-28-48(40-52)46-24-12-8-13-25-46)59-42-50(47-26-14-9-15-27-47)34-36-56(59)65(62)55-32-18-19-33-58(55)66(60)51-29-16-10-17-30-51/h6-19,22-37,40-44H,1,20-21,38-39H2,2-4H3/b23-11-,45-6+. The Hall–Kier alpha value is -7.78. The van der Waals surface area contributed by atoms with Crippen LogP contribution in [-0.2, 0) is 5.41 Å². The zero-order valence-electron chi connectivity index (χ0n) is 39.2. The predicted molar refractivity (Wildman–Crippen MR) is 291 cm³/mol. The molecule has 1 fully saturated rings. The number of nitrogens with zero attached hydrogens (tertiary/aromatic N) is 3. The molecule has 0 amide bonds. The summed E-state index contributed by atoms with van der Waals surface area (Å²) >= 11 is 0. The highest BCUT2D eigenvalue weighted by atomic mass is 15.3. The van der Waals surface area contributed by atoms with Crippen LogP contribution in [0, 0.1) is 0 Å². The Balaban J connectivity index is 1.16. The molecule has 2 atom stereocenters. The normalized spacial score (nSPS) is 18.9.